The molecular weight excluding hydrogens is 813 g/mol. The maximum atomic E-state index is 14.4. The molecule has 1 unspecified atom stereocenters. The van der Waals surface area contributed by atoms with Gasteiger partial charge in [-0.05, 0) is 75.0 Å². The number of thiazole rings is 1. The van der Waals surface area contributed by atoms with Gasteiger partial charge in [-0.15, -0.1) is 0 Å². The molecule has 3 aliphatic rings. The van der Waals surface area contributed by atoms with Crippen molar-refractivity contribution in [3.63, 3.8) is 0 Å². The molecule has 59 heavy (non-hydrogen) atoms. The van der Waals surface area contributed by atoms with Crippen molar-refractivity contribution in [2.75, 3.05) is 30.3 Å². The lowest BCUT2D eigenvalue weighted by molar-refractivity contribution is -0.665. The van der Waals surface area contributed by atoms with Gasteiger partial charge in [-0.1, -0.05) is 72.0 Å². The fourth-order valence-electron chi connectivity index (χ4n) is 7.52. The molecular formula is C43H49N4O9S3+. The summed E-state index contributed by atoms with van der Waals surface area (Å²) in [5.74, 6) is -3.33. The molecule has 0 bridgehead atoms. The van der Waals surface area contributed by atoms with Crippen LogP contribution in [0.2, 0.25) is 0 Å². The van der Waals surface area contributed by atoms with E-state index in [2.05, 4.69) is 58.2 Å². The van der Waals surface area contributed by atoms with Gasteiger partial charge in [0.05, 0.1) is 16.5 Å². The number of benzene rings is 2. The number of anilines is 1. The zero-order chi connectivity index (χ0) is 42.2. The summed E-state index contributed by atoms with van der Waals surface area (Å²) in [7, 11) is -4.39. The quantitative estimate of drug-likeness (QED) is 0.0487. The van der Waals surface area contributed by atoms with Gasteiger partial charge in [-0.3, -0.25) is 28.5 Å². The van der Waals surface area contributed by atoms with E-state index in [4.69, 9.17) is 4.74 Å². The molecule has 312 valence electrons. The van der Waals surface area contributed by atoms with Crippen molar-refractivity contribution in [2.45, 2.75) is 82.8 Å². The number of aromatic nitrogens is 1. The van der Waals surface area contributed by atoms with Crippen LogP contribution in [0, 0.1) is 5.41 Å². The van der Waals surface area contributed by atoms with Gasteiger partial charge in [-0.2, -0.15) is 13.0 Å². The highest BCUT2D eigenvalue weighted by Gasteiger charge is 2.48. The van der Waals surface area contributed by atoms with Gasteiger partial charge < -0.3 is 20.3 Å². The summed E-state index contributed by atoms with van der Waals surface area (Å²) in [6.45, 7) is 5.41. The van der Waals surface area contributed by atoms with Crippen LogP contribution in [0.1, 0.15) is 70.2 Å². The zero-order valence-corrected chi connectivity index (χ0v) is 35.6. The lowest BCUT2D eigenvalue weighted by Crippen LogP contribution is -2.53. The standard InChI is InChI=1S/C43H48N4O9S3/c1-3-46-31-12-7-9-14-35(31)57-37(46)21-17-29-26-30(18-22-38-47(4-2)32-13-8-10-15-36(32)58-38)28-43(27-29,42(52)45-24-25-59(53,54)55)41(51)44-23-11-5-6-16-39(50)56-40-33(48)19-20-34(40)49/h7-10,12-15,17-18,21-22,26,40H,3-6,11,16,19-20,23-25,27-28H2,1-2H3,(H2-,44,45,51,52,53,54,55)/p+1. The van der Waals surface area contributed by atoms with Crippen LogP contribution in [-0.4, -0.2) is 73.8 Å². The van der Waals surface area contributed by atoms with E-state index in [-0.39, 0.29) is 50.2 Å². The Balaban J connectivity index is 1.25. The van der Waals surface area contributed by atoms with Crippen molar-refractivity contribution < 1.29 is 46.2 Å². The summed E-state index contributed by atoms with van der Waals surface area (Å²) in [6, 6.07) is 16.2. The van der Waals surface area contributed by atoms with Gasteiger partial charge in [0.1, 0.15) is 16.7 Å². The van der Waals surface area contributed by atoms with Gasteiger partial charge in [0, 0.05) is 55.9 Å². The van der Waals surface area contributed by atoms with Crippen LogP contribution in [-0.2, 0) is 45.4 Å². The zero-order valence-electron chi connectivity index (χ0n) is 33.1. The molecule has 1 fully saturated rings. The SMILES string of the molecule is CCN1/C(=C/C=C2C=C(/C=C/c3sc4ccccc4[n+]3CC)CC(C(=O)NCCCCCC(=O)OC3C(=O)CCC3=O)(C(=O)NCCS(=O)(=O)O)C/2)Sc2ccccc21. The van der Waals surface area contributed by atoms with E-state index in [1.165, 1.54) is 0 Å². The number of nitrogens with one attached hydrogen (secondary N) is 2. The fourth-order valence-corrected chi connectivity index (χ4v) is 10.1. The third-order valence-corrected chi connectivity index (χ3v) is 13.5. The Kier molecular flexibility index (Phi) is 14.4. The number of esters is 1. The fraction of sp³-hybridized carbons (Fsp3) is 0.395. The number of Topliss-reactive ketones (excluding diaryl/α,β-unsaturated/α-hetero) is 2. The molecule has 2 aliphatic carbocycles. The van der Waals surface area contributed by atoms with Crippen LogP contribution in [0.3, 0.4) is 0 Å². The number of ether oxygens (including phenoxy) is 1. The summed E-state index contributed by atoms with van der Waals surface area (Å²) in [5, 5.41) is 7.53. The molecule has 2 amide bonds. The van der Waals surface area contributed by atoms with Crippen LogP contribution in [0.15, 0.2) is 93.9 Å². The number of amides is 2. The lowest BCUT2D eigenvalue weighted by atomic mass is 9.70. The van der Waals surface area contributed by atoms with Crippen molar-refractivity contribution >= 4 is 84.5 Å². The number of carbonyl (C=O) groups is 5. The van der Waals surface area contributed by atoms with Crippen molar-refractivity contribution in [3.8, 4) is 0 Å². The van der Waals surface area contributed by atoms with E-state index >= 15 is 0 Å². The van der Waals surface area contributed by atoms with Crippen molar-refractivity contribution in [3.05, 3.63) is 94.0 Å². The average molecular weight is 862 g/mol. The summed E-state index contributed by atoms with van der Waals surface area (Å²) in [4.78, 5) is 68.0. The second-order valence-corrected chi connectivity index (χ2v) is 18.3. The minimum Gasteiger partial charge on any atom is -0.446 e. The van der Waals surface area contributed by atoms with Crippen LogP contribution in [0.25, 0.3) is 16.3 Å². The van der Waals surface area contributed by atoms with Gasteiger partial charge in [0.15, 0.2) is 11.6 Å². The molecule has 13 nitrogen and oxygen atoms in total. The molecule has 16 heteroatoms. The third-order valence-electron chi connectivity index (χ3n) is 10.5. The molecule has 0 radical (unpaired) electrons. The summed E-state index contributed by atoms with van der Waals surface area (Å²) < 4.78 is 41.0. The molecule has 3 N–H and O–H groups in total. The Hall–Kier alpha value is -4.90. The summed E-state index contributed by atoms with van der Waals surface area (Å²) in [5.41, 5.74) is 1.95. The first-order valence-corrected chi connectivity index (χ1v) is 23.1. The molecule has 0 spiro atoms. The van der Waals surface area contributed by atoms with Crippen LogP contribution >= 0.6 is 23.1 Å². The minimum atomic E-state index is -4.39. The highest BCUT2D eigenvalue weighted by molar-refractivity contribution is 8.03. The molecule has 0 saturated heterocycles. The maximum Gasteiger partial charge on any atom is 0.306 e. The van der Waals surface area contributed by atoms with E-state index in [1.54, 1.807) is 23.1 Å². The lowest BCUT2D eigenvalue weighted by Gasteiger charge is -2.35. The number of hydrogen-bond donors (Lipinski definition) is 3. The van der Waals surface area contributed by atoms with E-state index in [1.807, 2.05) is 54.6 Å². The number of aryl methyl sites for hydroxylation is 1. The minimum absolute atomic E-state index is 0.00588. The van der Waals surface area contributed by atoms with Gasteiger partial charge in [0.25, 0.3) is 15.1 Å². The second-order valence-electron chi connectivity index (χ2n) is 14.6. The van der Waals surface area contributed by atoms with E-state index < -0.39 is 51.7 Å². The van der Waals surface area contributed by atoms with Crippen molar-refractivity contribution in [2.24, 2.45) is 5.41 Å². The molecule has 1 atom stereocenters. The molecule has 1 aliphatic heterocycles. The first kappa shape index (κ1) is 43.7. The largest absolute Gasteiger partial charge is 0.446 e. The van der Waals surface area contributed by atoms with Crippen LogP contribution < -0.4 is 20.1 Å². The summed E-state index contributed by atoms with van der Waals surface area (Å²) in [6.07, 6.45) is 10.1. The molecule has 1 aromatic heterocycles. The highest BCUT2D eigenvalue weighted by atomic mass is 32.2. The Morgan fingerprint density at radius 1 is 0.932 bits per heavy atom. The van der Waals surface area contributed by atoms with E-state index in [9.17, 15) is 36.9 Å². The van der Waals surface area contributed by atoms with Crippen molar-refractivity contribution in [1.29, 1.82) is 0 Å². The average Bonchev–Trinajstić information content (AvgIpc) is 3.87. The number of nitrogens with zero attached hydrogens (tertiary/aromatic N) is 2. The number of allylic oxidation sites excluding steroid dienone is 6. The Bertz CT molecular complexity index is 2350. The Morgan fingerprint density at radius 2 is 1.64 bits per heavy atom. The number of rotatable bonds is 17. The predicted molar refractivity (Wildman–Crippen MR) is 228 cm³/mol. The molecule has 6 rings (SSSR count). The third kappa shape index (κ3) is 10.7. The molecule has 3 aromatic rings. The molecule has 2 aromatic carbocycles. The Labute approximate surface area is 352 Å². The maximum absolute atomic E-state index is 14.4. The number of ketones is 2. The van der Waals surface area contributed by atoms with Gasteiger partial charge in [0.2, 0.25) is 23.4 Å². The van der Waals surface area contributed by atoms with Crippen molar-refractivity contribution in [1.82, 2.24) is 10.6 Å². The normalized spacial score (nSPS) is 19.8. The van der Waals surface area contributed by atoms with Gasteiger partial charge in [-0.25, -0.2) is 0 Å². The van der Waals surface area contributed by atoms with Crippen LogP contribution in [0.4, 0.5) is 5.69 Å². The first-order valence-electron chi connectivity index (χ1n) is 19.8. The first-order chi connectivity index (χ1) is 28.3. The monoisotopic (exact) mass is 861 g/mol. The number of hydrogen-bond acceptors (Lipinski definition) is 11. The number of unbranched alkanes of at least 4 members (excludes halogenated alkanes) is 2. The molecule has 2 heterocycles. The summed E-state index contributed by atoms with van der Waals surface area (Å²) >= 11 is 3.27. The highest BCUT2D eigenvalue weighted by Crippen LogP contribution is 2.46. The van der Waals surface area contributed by atoms with Crippen LogP contribution in [0.5, 0.6) is 0 Å². The topological polar surface area (TPSA) is 180 Å². The second kappa shape index (κ2) is 19.4. The number of thioether (sulfide) groups is 1. The number of para-hydroxylation sites is 2. The van der Waals surface area contributed by atoms with E-state index in [0.29, 0.717) is 30.4 Å². The smallest absolute Gasteiger partial charge is 0.306 e. The van der Waals surface area contributed by atoms with Gasteiger partial charge >= 0.3 is 5.97 Å². The Morgan fingerprint density at radius 3 is 2.37 bits per heavy atom. The van der Waals surface area contributed by atoms with E-state index in [0.717, 1.165) is 43.9 Å². The number of fused-ring (bicyclic) bond motifs is 2. The predicted octanol–water partition coefficient (Wildman–Crippen LogP) is 5.85. The number of carbonyl (C=O) groups excluding carboxylic acids is 5. The molecule has 1 saturated carbocycles.